The molecule has 24 heavy (non-hydrogen) atoms. The molecule has 0 heterocycles. The minimum atomic E-state index is -2.47. The van der Waals surface area contributed by atoms with E-state index in [0.29, 0.717) is 0 Å². The van der Waals surface area contributed by atoms with Crippen molar-refractivity contribution < 1.29 is 13.3 Å². The van der Waals surface area contributed by atoms with Crippen LogP contribution in [0.3, 0.4) is 0 Å². The lowest BCUT2D eigenvalue weighted by molar-refractivity contribution is 0.124. The molecule has 5 heteroatoms. The molecule has 0 saturated carbocycles. The fraction of sp³-hybridized carbons (Fsp3) is 0.263. The molecular weight excluding hydrogens is 318 g/mol. The molecule has 1 N–H and O–H groups in total. The maximum atomic E-state index is 5.41. The van der Waals surface area contributed by atoms with E-state index in [2.05, 4.69) is 41.7 Å². The first-order chi connectivity index (χ1) is 11.7. The van der Waals surface area contributed by atoms with Crippen LogP contribution in [-0.2, 0) is 13.3 Å². The van der Waals surface area contributed by atoms with Crippen LogP contribution in [0.1, 0.15) is 12.0 Å². The normalized spacial score (nSPS) is 11.8. The molecule has 0 amide bonds. The molecule has 0 saturated heterocycles. The highest BCUT2D eigenvalue weighted by atomic mass is 28.4. The molecule has 0 radical (unpaired) electrons. The number of para-hydroxylation sites is 1. The van der Waals surface area contributed by atoms with Gasteiger partial charge in [0, 0.05) is 38.7 Å². The minimum Gasteiger partial charge on any atom is -0.377 e. The number of hydrogen-bond donors (Lipinski definition) is 1. The molecule has 0 bridgehead atoms. The fourth-order valence-electron chi connectivity index (χ4n) is 2.40. The Morgan fingerprint density at radius 3 is 2.00 bits per heavy atom. The van der Waals surface area contributed by atoms with Crippen molar-refractivity contribution in [3.8, 4) is 0 Å². The molecule has 4 nitrogen and oxygen atoms in total. The summed E-state index contributed by atoms with van der Waals surface area (Å²) in [6.45, 7) is 0. The molecule has 2 rings (SSSR count). The van der Waals surface area contributed by atoms with Crippen LogP contribution in [0.25, 0.3) is 6.08 Å². The number of rotatable bonds is 9. The summed E-state index contributed by atoms with van der Waals surface area (Å²) < 4.78 is 16.2. The zero-order chi connectivity index (χ0) is 17.3. The van der Waals surface area contributed by atoms with Crippen LogP contribution in [0, 0.1) is 0 Å². The van der Waals surface area contributed by atoms with Gasteiger partial charge in [0.1, 0.15) is 0 Å². The van der Waals surface area contributed by atoms with Gasteiger partial charge >= 0.3 is 8.80 Å². The summed E-state index contributed by atoms with van der Waals surface area (Å²) in [5.74, 6) is 0. The van der Waals surface area contributed by atoms with Crippen molar-refractivity contribution in [3.63, 3.8) is 0 Å². The van der Waals surface area contributed by atoms with Gasteiger partial charge in [-0.25, -0.2) is 0 Å². The summed E-state index contributed by atoms with van der Waals surface area (Å²) >= 11 is 0. The first-order valence-corrected chi connectivity index (χ1v) is 9.88. The molecule has 128 valence electrons. The van der Waals surface area contributed by atoms with E-state index in [1.807, 2.05) is 30.3 Å². The molecular formula is C19H25NO3Si. The Hall–Kier alpha value is -1.92. The van der Waals surface area contributed by atoms with Gasteiger partial charge in [-0.3, -0.25) is 0 Å². The maximum Gasteiger partial charge on any atom is 0.500 e. The summed E-state index contributed by atoms with van der Waals surface area (Å²) in [7, 11) is 2.45. The van der Waals surface area contributed by atoms with Crippen LogP contribution < -0.4 is 5.32 Å². The van der Waals surface area contributed by atoms with E-state index in [-0.39, 0.29) is 0 Å². The Bertz CT molecular complexity index is 617. The largest absolute Gasteiger partial charge is 0.500 e. The van der Waals surface area contributed by atoms with Gasteiger partial charge in [-0.2, -0.15) is 0 Å². The summed E-state index contributed by atoms with van der Waals surface area (Å²) in [4.78, 5) is 0. The average Bonchev–Trinajstić information content (AvgIpc) is 2.65. The van der Waals surface area contributed by atoms with E-state index < -0.39 is 8.80 Å². The molecule has 0 aliphatic carbocycles. The van der Waals surface area contributed by atoms with Crippen molar-refractivity contribution in [2.24, 2.45) is 0 Å². The third-order valence-electron chi connectivity index (χ3n) is 3.83. The number of hydrogen-bond acceptors (Lipinski definition) is 4. The van der Waals surface area contributed by atoms with Gasteiger partial charge in [0.2, 0.25) is 0 Å². The van der Waals surface area contributed by atoms with Gasteiger partial charge in [-0.15, -0.1) is 0 Å². The van der Waals surface area contributed by atoms with Crippen molar-refractivity contribution in [2.45, 2.75) is 12.5 Å². The van der Waals surface area contributed by atoms with Gasteiger partial charge < -0.3 is 18.6 Å². The van der Waals surface area contributed by atoms with Crippen molar-refractivity contribution in [3.05, 3.63) is 66.2 Å². The number of anilines is 2. The summed E-state index contributed by atoms with van der Waals surface area (Å²) in [6, 6.07) is 19.2. The van der Waals surface area contributed by atoms with E-state index in [0.717, 1.165) is 29.4 Å². The third-order valence-corrected chi connectivity index (χ3v) is 6.60. The first kappa shape index (κ1) is 18.4. The second-order valence-corrected chi connectivity index (χ2v) is 8.44. The second-order valence-electron chi connectivity index (χ2n) is 5.35. The molecule has 0 spiro atoms. The van der Waals surface area contributed by atoms with E-state index >= 15 is 0 Å². The van der Waals surface area contributed by atoms with Gasteiger partial charge in [-0.1, -0.05) is 42.5 Å². The minimum absolute atomic E-state index is 0.765. The second kappa shape index (κ2) is 9.39. The molecule has 2 aromatic rings. The smallest absolute Gasteiger partial charge is 0.377 e. The van der Waals surface area contributed by atoms with Crippen LogP contribution in [0.2, 0.25) is 6.04 Å². The lowest BCUT2D eigenvalue weighted by Crippen LogP contribution is -2.42. The highest BCUT2D eigenvalue weighted by molar-refractivity contribution is 6.60. The molecule has 0 aliphatic rings. The lowest BCUT2D eigenvalue weighted by Gasteiger charge is -2.23. The third kappa shape index (κ3) is 5.32. The predicted molar refractivity (Wildman–Crippen MR) is 101 cm³/mol. The highest BCUT2D eigenvalue weighted by Crippen LogP contribution is 2.18. The zero-order valence-electron chi connectivity index (χ0n) is 14.5. The molecule has 0 atom stereocenters. The van der Waals surface area contributed by atoms with Crippen LogP contribution in [0.15, 0.2) is 60.7 Å². The number of nitrogens with one attached hydrogen (secondary N) is 1. The molecule has 0 aromatic heterocycles. The topological polar surface area (TPSA) is 39.7 Å². The van der Waals surface area contributed by atoms with Crippen LogP contribution in [0.4, 0.5) is 11.4 Å². The average molecular weight is 343 g/mol. The quantitative estimate of drug-likeness (QED) is 0.669. The Morgan fingerprint density at radius 2 is 1.42 bits per heavy atom. The monoisotopic (exact) mass is 343 g/mol. The van der Waals surface area contributed by atoms with Crippen molar-refractivity contribution in [1.29, 1.82) is 0 Å². The van der Waals surface area contributed by atoms with Crippen molar-refractivity contribution in [1.82, 2.24) is 0 Å². The van der Waals surface area contributed by atoms with E-state index in [9.17, 15) is 0 Å². The maximum absolute atomic E-state index is 5.41. The lowest BCUT2D eigenvalue weighted by atomic mass is 10.2. The SMILES string of the molecule is CO[Si](CC/C=C/c1ccc(Nc2ccccc2)cc1)(OC)OC. The van der Waals surface area contributed by atoms with Gasteiger partial charge in [0.05, 0.1) is 0 Å². The van der Waals surface area contributed by atoms with Gasteiger partial charge in [0.25, 0.3) is 0 Å². The van der Waals surface area contributed by atoms with Crippen LogP contribution in [0.5, 0.6) is 0 Å². The first-order valence-electron chi connectivity index (χ1n) is 7.95. The Labute approximate surface area is 145 Å². The van der Waals surface area contributed by atoms with Gasteiger partial charge in [0.15, 0.2) is 0 Å². The summed E-state index contributed by atoms with van der Waals surface area (Å²) in [5.41, 5.74) is 3.32. The van der Waals surface area contributed by atoms with E-state index in [4.69, 9.17) is 13.3 Å². The van der Waals surface area contributed by atoms with Crippen molar-refractivity contribution in [2.75, 3.05) is 26.6 Å². The van der Waals surface area contributed by atoms with E-state index in [1.54, 1.807) is 21.3 Å². The van der Waals surface area contributed by atoms with Gasteiger partial charge in [-0.05, 0) is 36.2 Å². The van der Waals surface area contributed by atoms with Crippen LogP contribution >= 0.6 is 0 Å². The van der Waals surface area contributed by atoms with Crippen LogP contribution in [-0.4, -0.2) is 30.1 Å². The number of benzene rings is 2. The molecule has 0 unspecified atom stereocenters. The molecule has 2 aromatic carbocycles. The standard InChI is InChI=1S/C19H25NO3Si/c1-21-24(22-2,23-3)16-8-7-9-17-12-14-19(15-13-17)20-18-10-5-4-6-11-18/h4-7,9-15,20H,8,16H2,1-3H3/b9-7+. The Balaban J connectivity index is 1.87. The van der Waals surface area contributed by atoms with E-state index in [1.165, 1.54) is 0 Å². The predicted octanol–water partition coefficient (Wildman–Crippen LogP) is 4.71. The Morgan fingerprint density at radius 1 is 0.833 bits per heavy atom. The summed E-state index contributed by atoms with van der Waals surface area (Å²) in [6.07, 6.45) is 5.08. The number of allylic oxidation sites excluding steroid dienone is 1. The fourth-order valence-corrected chi connectivity index (χ4v) is 4.03. The zero-order valence-corrected chi connectivity index (χ0v) is 15.5. The summed E-state index contributed by atoms with van der Waals surface area (Å²) in [5, 5.41) is 3.37. The molecule has 0 fully saturated rings. The Kier molecular flexibility index (Phi) is 7.21. The highest BCUT2D eigenvalue weighted by Gasteiger charge is 2.36. The van der Waals surface area contributed by atoms with Crippen molar-refractivity contribution >= 4 is 26.3 Å². The molecule has 0 aliphatic heterocycles.